The van der Waals surface area contributed by atoms with Crippen LogP contribution in [0.25, 0.3) is 22.8 Å². The van der Waals surface area contributed by atoms with Gasteiger partial charge in [-0.1, -0.05) is 25.1 Å². The van der Waals surface area contributed by atoms with Gasteiger partial charge >= 0.3 is 0 Å². The zero-order valence-corrected chi connectivity index (χ0v) is 14.8. The maximum atomic E-state index is 12.0. The molecular weight excluding hydrogens is 328 g/mol. The molecule has 26 heavy (non-hydrogen) atoms. The van der Waals surface area contributed by atoms with Crippen molar-refractivity contribution < 1.29 is 14.0 Å². The largest absolute Gasteiger partial charge is 0.435 e. The molecule has 5 nitrogen and oxygen atoms in total. The number of Topliss-reactive ketones (excluding diaryl/α,β-unsaturated/α-hetero) is 1. The summed E-state index contributed by atoms with van der Waals surface area (Å²) in [4.78, 5) is 28.0. The second-order valence-electron chi connectivity index (χ2n) is 5.99. The molecule has 0 aliphatic rings. The van der Waals surface area contributed by atoms with Crippen LogP contribution in [0, 0.1) is 0 Å². The molecule has 1 heterocycles. The second-order valence-corrected chi connectivity index (χ2v) is 5.99. The minimum absolute atomic E-state index is 0.0179. The van der Waals surface area contributed by atoms with Crippen molar-refractivity contribution in [1.29, 1.82) is 0 Å². The number of hydrogen-bond acceptors (Lipinski definition) is 4. The summed E-state index contributed by atoms with van der Waals surface area (Å²) in [6.07, 6.45) is 1.28. The van der Waals surface area contributed by atoms with E-state index in [-0.39, 0.29) is 11.7 Å². The van der Waals surface area contributed by atoms with Gasteiger partial charge in [0, 0.05) is 30.2 Å². The summed E-state index contributed by atoms with van der Waals surface area (Å²) in [5.74, 6) is 0.663. The van der Waals surface area contributed by atoms with Gasteiger partial charge in [-0.3, -0.25) is 9.59 Å². The van der Waals surface area contributed by atoms with Crippen LogP contribution in [0.4, 0.5) is 5.69 Å². The van der Waals surface area contributed by atoms with Crippen LogP contribution < -0.4 is 5.32 Å². The van der Waals surface area contributed by atoms with Crippen molar-refractivity contribution in [2.75, 3.05) is 5.32 Å². The maximum absolute atomic E-state index is 12.0. The van der Waals surface area contributed by atoms with E-state index in [0.29, 0.717) is 29.5 Å². The van der Waals surface area contributed by atoms with Crippen molar-refractivity contribution in [3.63, 3.8) is 0 Å². The quantitative estimate of drug-likeness (QED) is 0.640. The van der Waals surface area contributed by atoms with Gasteiger partial charge in [-0.15, -0.1) is 0 Å². The summed E-state index contributed by atoms with van der Waals surface area (Å²) in [6, 6.07) is 16.6. The number of benzene rings is 2. The average Bonchev–Trinajstić information content (AvgIpc) is 3.09. The van der Waals surface area contributed by atoms with Crippen molar-refractivity contribution in [2.24, 2.45) is 0 Å². The van der Waals surface area contributed by atoms with Crippen LogP contribution in [-0.4, -0.2) is 16.7 Å². The van der Waals surface area contributed by atoms with E-state index in [9.17, 15) is 9.59 Å². The Morgan fingerprint density at radius 2 is 1.69 bits per heavy atom. The van der Waals surface area contributed by atoms with Crippen LogP contribution in [-0.2, 0) is 4.79 Å². The predicted molar refractivity (Wildman–Crippen MR) is 101 cm³/mol. The Morgan fingerprint density at radius 1 is 1.00 bits per heavy atom. The Hall–Kier alpha value is -3.21. The molecule has 0 bridgehead atoms. The van der Waals surface area contributed by atoms with E-state index in [4.69, 9.17) is 4.42 Å². The highest BCUT2D eigenvalue weighted by atomic mass is 16.4. The van der Waals surface area contributed by atoms with Crippen molar-refractivity contribution >= 4 is 17.4 Å². The van der Waals surface area contributed by atoms with E-state index < -0.39 is 0 Å². The van der Waals surface area contributed by atoms with Crippen LogP contribution >= 0.6 is 0 Å². The Kier molecular flexibility index (Phi) is 5.27. The third-order valence-electron chi connectivity index (χ3n) is 3.89. The lowest BCUT2D eigenvalue weighted by Gasteiger charge is -2.05. The van der Waals surface area contributed by atoms with Gasteiger partial charge in [0.1, 0.15) is 0 Å². The lowest BCUT2D eigenvalue weighted by atomic mass is 10.1. The molecule has 0 spiro atoms. The first-order chi connectivity index (χ1) is 12.6. The molecule has 2 aromatic carbocycles. The number of ketones is 1. The van der Waals surface area contributed by atoms with Gasteiger partial charge in [0.15, 0.2) is 17.2 Å². The first-order valence-corrected chi connectivity index (χ1v) is 8.56. The predicted octanol–water partition coefficient (Wildman–Crippen LogP) is 4.95. The van der Waals surface area contributed by atoms with E-state index >= 15 is 0 Å². The SMILES string of the molecule is CCCC(=O)Nc1ccc(-c2oc(-c3ccccc3)nc2C(C)=O)cc1. The summed E-state index contributed by atoms with van der Waals surface area (Å²) in [6.45, 7) is 3.43. The second kappa shape index (κ2) is 7.78. The van der Waals surface area contributed by atoms with Gasteiger partial charge in [0.2, 0.25) is 11.8 Å². The normalized spacial score (nSPS) is 10.5. The lowest BCUT2D eigenvalue weighted by molar-refractivity contribution is -0.116. The Labute approximate surface area is 152 Å². The zero-order chi connectivity index (χ0) is 18.5. The molecule has 1 amide bonds. The van der Waals surface area contributed by atoms with Gasteiger partial charge in [0.25, 0.3) is 0 Å². The molecule has 0 saturated heterocycles. The molecule has 0 saturated carbocycles. The molecule has 3 rings (SSSR count). The first-order valence-electron chi connectivity index (χ1n) is 8.56. The number of oxazole rings is 1. The number of aromatic nitrogens is 1. The molecule has 0 aliphatic heterocycles. The highest BCUT2D eigenvalue weighted by molar-refractivity contribution is 5.98. The van der Waals surface area contributed by atoms with Crippen LogP contribution in [0.15, 0.2) is 59.0 Å². The third-order valence-corrected chi connectivity index (χ3v) is 3.89. The number of hydrogen-bond donors (Lipinski definition) is 1. The van der Waals surface area contributed by atoms with E-state index in [1.54, 1.807) is 12.1 Å². The van der Waals surface area contributed by atoms with E-state index in [2.05, 4.69) is 10.3 Å². The van der Waals surface area contributed by atoms with Crippen molar-refractivity contribution in [1.82, 2.24) is 4.98 Å². The minimum atomic E-state index is -0.161. The van der Waals surface area contributed by atoms with Gasteiger partial charge < -0.3 is 9.73 Å². The van der Waals surface area contributed by atoms with Crippen LogP contribution in [0.1, 0.15) is 37.2 Å². The molecule has 0 unspecified atom stereocenters. The number of nitrogens with one attached hydrogen (secondary N) is 1. The Bertz CT molecular complexity index is 912. The third kappa shape index (κ3) is 3.88. The highest BCUT2D eigenvalue weighted by Crippen LogP contribution is 2.30. The standard InChI is InChI=1S/C21H20N2O3/c1-3-7-18(25)22-17-12-10-15(11-13-17)20-19(14(2)24)23-21(26-20)16-8-5-4-6-9-16/h4-6,8-13H,3,7H2,1-2H3,(H,22,25). The van der Waals surface area contributed by atoms with E-state index in [0.717, 1.165) is 17.5 Å². The van der Waals surface area contributed by atoms with Crippen LogP contribution in [0.3, 0.4) is 0 Å². The summed E-state index contributed by atoms with van der Waals surface area (Å²) in [5, 5.41) is 2.84. The molecule has 5 heteroatoms. The maximum Gasteiger partial charge on any atom is 0.227 e. The number of carbonyl (C=O) groups excluding carboxylic acids is 2. The van der Waals surface area contributed by atoms with Crippen LogP contribution in [0.2, 0.25) is 0 Å². The highest BCUT2D eigenvalue weighted by Gasteiger charge is 2.19. The molecule has 0 atom stereocenters. The molecule has 3 aromatic rings. The van der Waals surface area contributed by atoms with E-state index in [1.165, 1.54) is 6.92 Å². The van der Waals surface area contributed by atoms with Gasteiger partial charge in [-0.25, -0.2) is 4.98 Å². The Morgan fingerprint density at radius 3 is 2.31 bits per heavy atom. The summed E-state index contributed by atoms with van der Waals surface area (Å²) < 4.78 is 5.89. The number of anilines is 1. The molecular formula is C21H20N2O3. The number of amides is 1. The molecule has 0 radical (unpaired) electrons. The number of nitrogens with zero attached hydrogens (tertiary/aromatic N) is 1. The summed E-state index contributed by atoms with van der Waals surface area (Å²) in [7, 11) is 0. The van der Waals surface area contributed by atoms with Crippen LogP contribution in [0.5, 0.6) is 0 Å². The van der Waals surface area contributed by atoms with Gasteiger partial charge in [0.05, 0.1) is 0 Å². The fraction of sp³-hybridized carbons (Fsp3) is 0.190. The Balaban J connectivity index is 1.92. The van der Waals surface area contributed by atoms with Crippen molar-refractivity contribution in [3.05, 3.63) is 60.3 Å². The molecule has 1 N–H and O–H groups in total. The summed E-state index contributed by atoms with van der Waals surface area (Å²) >= 11 is 0. The topological polar surface area (TPSA) is 72.2 Å². The summed E-state index contributed by atoms with van der Waals surface area (Å²) in [5.41, 5.74) is 2.55. The monoisotopic (exact) mass is 348 g/mol. The minimum Gasteiger partial charge on any atom is -0.435 e. The molecule has 1 aromatic heterocycles. The molecule has 0 aliphatic carbocycles. The average molecular weight is 348 g/mol. The fourth-order valence-electron chi connectivity index (χ4n) is 2.61. The number of rotatable bonds is 6. The number of carbonyl (C=O) groups is 2. The fourth-order valence-corrected chi connectivity index (χ4v) is 2.61. The van der Waals surface area contributed by atoms with Crippen molar-refractivity contribution in [2.45, 2.75) is 26.7 Å². The van der Waals surface area contributed by atoms with Gasteiger partial charge in [-0.2, -0.15) is 0 Å². The molecule has 0 fully saturated rings. The molecule has 132 valence electrons. The van der Waals surface area contributed by atoms with E-state index in [1.807, 2.05) is 49.4 Å². The zero-order valence-electron chi connectivity index (χ0n) is 14.8. The smallest absolute Gasteiger partial charge is 0.227 e. The lowest BCUT2D eigenvalue weighted by Crippen LogP contribution is -2.10. The first kappa shape index (κ1) is 17.6. The van der Waals surface area contributed by atoms with Gasteiger partial charge in [-0.05, 0) is 42.8 Å². The van der Waals surface area contributed by atoms with Crippen molar-refractivity contribution in [3.8, 4) is 22.8 Å².